The Morgan fingerprint density at radius 1 is 1.42 bits per heavy atom. The van der Waals surface area contributed by atoms with Crippen LogP contribution >= 0.6 is 0 Å². The standard InChI is InChI=1S/C13H22N4O2/c1-5-10-12(7-14-17-10)16-13(19)11(6-8(2)3)15-9(4)18/h7-8,11H,5-6H2,1-4H3,(H,14,17)(H,15,18)(H,16,19). The number of hydrogen-bond donors (Lipinski definition) is 3. The van der Waals surface area contributed by atoms with Crippen LogP contribution in [0.4, 0.5) is 5.69 Å². The maximum absolute atomic E-state index is 12.2. The molecule has 0 aliphatic rings. The van der Waals surface area contributed by atoms with Crippen LogP contribution in [-0.4, -0.2) is 28.1 Å². The van der Waals surface area contributed by atoms with E-state index in [2.05, 4.69) is 20.8 Å². The summed E-state index contributed by atoms with van der Waals surface area (Å²) < 4.78 is 0. The molecule has 2 amide bonds. The molecule has 0 fully saturated rings. The van der Waals surface area contributed by atoms with Gasteiger partial charge in [0.05, 0.1) is 17.6 Å². The molecule has 0 aromatic carbocycles. The van der Waals surface area contributed by atoms with Crippen LogP contribution < -0.4 is 10.6 Å². The van der Waals surface area contributed by atoms with Crippen molar-refractivity contribution in [2.45, 2.75) is 46.6 Å². The summed E-state index contributed by atoms with van der Waals surface area (Å²) in [7, 11) is 0. The molecule has 1 unspecified atom stereocenters. The maximum Gasteiger partial charge on any atom is 0.247 e. The molecule has 0 spiro atoms. The number of aryl methyl sites for hydroxylation is 1. The van der Waals surface area contributed by atoms with E-state index < -0.39 is 6.04 Å². The molecule has 0 bridgehead atoms. The molecular formula is C13H22N4O2. The summed E-state index contributed by atoms with van der Waals surface area (Å²) in [6, 6.07) is -0.517. The van der Waals surface area contributed by atoms with Crippen LogP contribution in [0.2, 0.25) is 0 Å². The summed E-state index contributed by atoms with van der Waals surface area (Å²) in [5, 5.41) is 12.2. The minimum Gasteiger partial charge on any atom is -0.345 e. The van der Waals surface area contributed by atoms with E-state index in [9.17, 15) is 9.59 Å². The van der Waals surface area contributed by atoms with E-state index in [-0.39, 0.29) is 11.8 Å². The van der Waals surface area contributed by atoms with Crippen LogP contribution in [0.5, 0.6) is 0 Å². The van der Waals surface area contributed by atoms with E-state index in [1.807, 2.05) is 20.8 Å². The van der Waals surface area contributed by atoms with Gasteiger partial charge in [-0.2, -0.15) is 5.10 Å². The van der Waals surface area contributed by atoms with Crippen molar-refractivity contribution < 1.29 is 9.59 Å². The fourth-order valence-corrected chi connectivity index (χ4v) is 1.86. The average Bonchev–Trinajstić information content (AvgIpc) is 2.74. The van der Waals surface area contributed by atoms with Gasteiger partial charge in [-0.25, -0.2) is 0 Å². The minimum atomic E-state index is -0.517. The number of aromatic amines is 1. The number of H-pyrrole nitrogens is 1. The molecule has 1 aromatic heterocycles. The number of nitrogens with zero attached hydrogens (tertiary/aromatic N) is 1. The fraction of sp³-hybridized carbons (Fsp3) is 0.615. The highest BCUT2D eigenvalue weighted by Crippen LogP contribution is 2.14. The highest BCUT2D eigenvalue weighted by atomic mass is 16.2. The van der Waals surface area contributed by atoms with Crippen LogP contribution in [0, 0.1) is 5.92 Å². The third kappa shape index (κ3) is 4.73. The first-order valence-corrected chi connectivity index (χ1v) is 6.54. The number of rotatable bonds is 6. The zero-order valence-electron chi connectivity index (χ0n) is 11.9. The molecule has 6 heteroatoms. The molecule has 19 heavy (non-hydrogen) atoms. The Bertz CT molecular complexity index is 440. The van der Waals surface area contributed by atoms with Crippen molar-refractivity contribution in [2.75, 3.05) is 5.32 Å². The minimum absolute atomic E-state index is 0.205. The van der Waals surface area contributed by atoms with Crippen molar-refractivity contribution in [3.63, 3.8) is 0 Å². The smallest absolute Gasteiger partial charge is 0.247 e. The summed E-state index contributed by atoms with van der Waals surface area (Å²) in [4.78, 5) is 23.3. The van der Waals surface area contributed by atoms with Gasteiger partial charge in [-0.3, -0.25) is 14.7 Å². The molecule has 1 atom stereocenters. The first-order valence-electron chi connectivity index (χ1n) is 6.54. The predicted octanol–water partition coefficient (Wildman–Crippen LogP) is 1.46. The molecule has 0 saturated carbocycles. The van der Waals surface area contributed by atoms with Crippen LogP contribution in [0.3, 0.4) is 0 Å². The summed E-state index contributed by atoms with van der Waals surface area (Å²) in [5.41, 5.74) is 1.55. The molecule has 0 radical (unpaired) electrons. The predicted molar refractivity (Wildman–Crippen MR) is 73.7 cm³/mol. The van der Waals surface area contributed by atoms with E-state index in [1.54, 1.807) is 6.20 Å². The van der Waals surface area contributed by atoms with Crippen LogP contribution in [0.1, 0.15) is 39.8 Å². The van der Waals surface area contributed by atoms with Gasteiger partial charge in [0.15, 0.2) is 0 Å². The van der Waals surface area contributed by atoms with Gasteiger partial charge in [0.2, 0.25) is 11.8 Å². The maximum atomic E-state index is 12.2. The first kappa shape index (κ1) is 15.2. The third-order valence-electron chi connectivity index (χ3n) is 2.73. The molecular weight excluding hydrogens is 244 g/mol. The Labute approximate surface area is 113 Å². The van der Waals surface area contributed by atoms with Gasteiger partial charge < -0.3 is 10.6 Å². The van der Waals surface area contributed by atoms with Crippen LogP contribution in [-0.2, 0) is 16.0 Å². The number of nitrogens with one attached hydrogen (secondary N) is 3. The number of amides is 2. The van der Waals surface area contributed by atoms with Crippen molar-refractivity contribution in [2.24, 2.45) is 5.92 Å². The second kappa shape index (κ2) is 6.92. The number of carbonyl (C=O) groups is 2. The largest absolute Gasteiger partial charge is 0.345 e. The summed E-state index contributed by atoms with van der Waals surface area (Å²) >= 11 is 0. The molecule has 0 aliphatic heterocycles. The number of anilines is 1. The Morgan fingerprint density at radius 3 is 2.63 bits per heavy atom. The van der Waals surface area contributed by atoms with Crippen molar-refractivity contribution in [3.05, 3.63) is 11.9 Å². The molecule has 1 heterocycles. The second-order valence-corrected chi connectivity index (χ2v) is 4.99. The lowest BCUT2D eigenvalue weighted by atomic mass is 10.0. The highest BCUT2D eigenvalue weighted by molar-refractivity contribution is 5.97. The van der Waals surface area contributed by atoms with Gasteiger partial charge in [-0.05, 0) is 18.8 Å². The Hall–Kier alpha value is -1.85. The van der Waals surface area contributed by atoms with Gasteiger partial charge >= 0.3 is 0 Å². The van der Waals surface area contributed by atoms with Gasteiger partial charge in [0.1, 0.15) is 6.04 Å². The lowest BCUT2D eigenvalue weighted by molar-refractivity contribution is -0.125. The normalized spacial score (nSPS) is 12.3. The zero-order valence-corrected chi connectivity index (χ0v) is 11.9. The van der Waals surface area contributed by atoms with Crippen LogP contribution in [0.25, 0.3) is 0 Å². The molecule has 1 aromatic rings. The van der Waals surface area contributed by atoms with Gasteiger partial charge in [0.25, 0.3) is 0 Å². The van der Waals surface area contributed by atoms with E-state index in [4.69, 9.17) is 0 Å². The summed E-state index contributed by atoms with van der Waals surface area (Å²) in [6.45, 7) is 7.41. The van der Waals surface area contributed by atoms with E-state index in [0.717, 1.165) is 12.1 Å². The monoisotopic (exact) mass is 266 g/mol. The SMILES string of the molecule is CCc1[nH]ncc1NC(=O)C(CC(C)C)NC(C)=O. The van der Waals surface area contributed by atoms with Crippen molar-refractivity contribution >= 4 is 17.5 Å². The number of aromatic nitrogens is 2. The third-order valence-corrected chi connectivity index (χ3v) is 2.73. The van der Waals surface area contributed by atoms with Crippen molar-refractivity contribution in [1.29, 1.82) is 0 Å². The van der Waals surface area contributed by atoms with Gasteiger partial charge in [-0.1, -0.05) is 20.8 Å². The lowest BCUT2D eigenvalue weighted by Gasteiger charge is -2.19. The summed E-state index contributed by atoms with van der Waals surface area (Å²) in [5.74, 6) is -0.0960. The Kier molecular flexibility index (Phi) is 5.54. The molecule has 0 saturated heterocycles. The van der Waals surface area contributed by atoms with E-state index >= 15 is 0 Å². The van der Waals surface area contributed by atoms with Crippen LogP contribution in [0.15, 0.2) is 6.20 Å². The second-order valence-electron chi connectivity index (χ2n) is 4.99. The first-order chi connectivity index (χ1) is 8.93. The molecule has 6 nitrogen and oxygen atoms in total. The molecule has 0 aliphatic carbocycles. The molecule has 106 valence electrons. The zero-order chi connectivity index (χ0) is 14.4. The number of hydrogen-bond acceptors (Lipinski definition) is 3. The van der Waals surface area contributed by atoms with E-state index in [1.165, 1.54) is 6.92 Å². The van der Waals surface area contributed by atoms with Crippen molar-refractivity contribution in [1.82, 2.24) is 15.5 Å². The van der Waals surface area contributed by atoms with Crippen molar-refractivity contribution in [3.8, 4) is 0 Å². The van der Waals surface area contributed by atoms with Gasteiger partial charge in [0, 0.05) is 6.92 Å². The molecule has 3 N–H and O–H groups in total. The number of carbonyl (C=O) groups excluding carboxylic acids is 2. The van der Waals surface area contributed by atoms with E-state index in [0.29, 0.717) is 18.0 Å². The van der Waals surface area contributed by atoms with Gasteiger partial charge in [-0.15, -0.1) is 0 Å². The Balaban J connectivity index is 2.73. The fourth-order valence-electron chi connectivity index (χ4n) is 1.86. The quantitative estimate of drug-likeness (QED) is 0.728. The lowest BCUT2D eigenvalue weighted by Crippen LogP contribution is -2.43. The topological polar surface area (TPSA) is 86.9 Å². The Morgan fingerprint density at radius 2 is 2.11 bits per heavy atom. The summed E-state index contributed by atoms with van der Waals surface area (Å²) in [6.07, 6.45) is 2.94. The highest BCUT2D eigenvalue weighted by Gasteiger charge is 2.21. The average molecular weight is 266 g/mol. The molecule has 1 rings (SSSR count).